The summed E-state index contributed by atoms with van der Waals surface area (Å²) in [6.45, 7) is 3.77. The van der Waals surface area contributed by atoms with Crippen LogP contribution in [0.1, 0.15) is 31.2 Å². The maximum Gasteiger partial charge on any atom is 0.307 e. The Morgan fingerprint density at radius 3 is 2.64 bits per heavy atom. The van der Waals surface area contributed by atoms with Crippen LogP contribution in [-0.4, -0.2) is 43.7 Å². The van der Waals surface area contributed by atoms with Gasteiger partial charge in [-0.25, -0.2) is 4.98 Å². The molecule has 2 rings (SSSR count). The largest absolute Gasteiger partial charge is 0.481 e. The lowest BCUT2D eigenvalue weighted by molar-refractivity contribution is -0.144. The molecule has 0 spiro atoms. The molecular weight excluding hydrogens is 284 g/mol. The van der Waals surface area contributed by atoms with Gasteiger partial charge in [0, 0.05) is 19.2 Å². The van der Waals surface area contributed by atoms with Crippen LogP contribution in [0.2, 0.25) is 0 Å². The molecule has 8 nitrogen and oxygen atoms in total. The molecular formula is C14H20N6O2. The fraction of sp³-hybridized carbons (Fsp3) is 0.500. The minimum absolute atomic E-state index is 0.0504. The fourth-order valence-corrected chi connectivity index (χ4v) is 2.57. The van der Waals surface area contributed by atoms with Crippen molar-refractivity contribution in [3.05, 3.63) is 29.7 Å². The maximum atomic E-state index is 11.7. The molecule has 22 heavy (non-hydrogen) atoms. The Bertz CT molecular complexity index is 596. The van der Waals surface area contributed by atoms with Crippen LogP contribution >= 0.6 is 0 Å². The summed E-state index contributed by atoms with van der Waals surface area (Å²) < 4.78 is 0. The van der Waals surface area contributed by atoms with Crippen LogP contribution < -0.4 is 5.32 Å². The van der Waals surface area contributed by atoms with Crippen LogP contribution in [0, 0.1) is 11.8 Å². The maximum absolute atomic E-state index is 11.7. The number of carboxylic acid groups (broad SMARTS) is 1. The number of H-pyrrole nitrogens is 1. The highest BCUT2D eigenvalue weighted by Crippen LogP contribution is 2.31. The highest BCUT2D eigenvalue weighted by atomic mass is 16.4. The van der Waals surface area contributed by atoms with E-state index in [-0.39, 0.29) is 11.8 Å². The van der Waals surface area contributed by atoms with Gasteiger partial charge in [0.05, 0.1) is 5.92 Å². The number of aliphatic carboxylic acids is 1. The highest BCUT2D eigenvalue weighted by molar-refractivity contribution is 5.71. The van der Waals surface area contributed by atoms with Crippen LogP contribution in [-0.2, 0) is 11.2 Å². The summed E-state index contributed by atoms with van der Waals surface area (Å²) in [6, 6.07) is 3.78. The first-order chi connectivity index (χ1) is 10.5. The fourth-order valence-electron chi connectivity index (χ4n) is 2.57. The molecule has 0 aliphatic carbocycles. The van der Waals surface area contributed by atoms with Crippen LogP contribution in [0.15, 0.2) is 18.3 Å². The Kier molecular flexibility index (Phi) is 5.03. The molecule has 2 aromatic rings. The molecule has 118 valence electrons. The standard InChI is InChI=1S/C14H20N6O2/c1-8(2)12(14(21)22)10(13-17-19-20-18-13)6-9-4-5-11(15-3)16-7-9/h4-5,7-8,10,12H,6H2,1-3H3,(H,15,16)(H,21,22)(H,17,18,19,20). The number of carboxylic acids is 1. The Balaban J connectivity index is 2.30. The molecule has 0 radical (unpaired) electrons. The second-order valence-electron chi connectivity index (χ2n) is 5.49. The zero-order valence-electron chi connectivity index (χ0n) is 12.8. The van der Waals surface area contributed by atoms with Crippen molar-refractivity contribution >= 4 is 11.8 Å². The summed E-state index contributed by atoms with van der Waals surface area (Å²) in [6.07, 6.45) is 2.23. The van der Waals surface area contributed by atoms with Gasteiger partial charge in [-0.3, -0.25) is 4.79 Å². The average Bonchev–Trinajstić information content (AvgIpc) is 3.00. The van der Waals surface area contributed by atoms with Gasteiger partial charge in [0.15, 0.2) is 5.82 Å². The summed E-state index contributed by atoms with van der Waals surface area (Å²) >= 11 is 0. The number of rotatable bonds is 7. The monoisotopic (exact) mass is 304 g/mol. The lowest BCUT2D eigenvalue weighted by Crippen LogP contribution is -2.29. The molecule has 2 atom stereocenters. The Morgan fingerprint density at radius 1 is 1.41 bits per heavy atom. The second-order valence-corrected chi connectivity index (χ2v) is 5.49. The molecule has 2 heterocycles. The van der Waals surface area contributed by atoms with Gasteiger partial charge in [-0.05, 0) is 24.0 Å². The van der Waals surface area contributed by atoms with E-state index < -0.39 is 11.9 Å². The number of aromatic amines is 1. The van der Waals surface area contributed by atoms with Crippen LogP contribution in [0.4, 0.5) is 5.82 Å². The van der Waals surface area contributed by atoms with Gasteiger partial charge in [0.25, 0.3) is 0 Å². The zero-order chi connectivity index (χ0) is 16.1. The number of hydrogen-bond acceptors (Lipinski definition) is 6. The summed E-state index contributed by atoms with van der Waals surface area (Å²) in [5, 5.41) is 26.4. The third kappa shape index (κ3) is 3.57. The SMILES string of the molecule is CNc1ccc(CC(c2nn[nH]n2)C(C(=O)O)C(C)C)cn1. The third-order valence-electron chi connectivity index (χ3n) is 3.67. The number of nitrogens with one attached hydrogen (secondary N) is 2. The molecule has 0 aliphatic rings. The van der Waals surface area contributed by atoms with Gasteiger partial charge >= 0.3 is 5.97 Å². The molecule has 0 aromatic carbocycles. The number of anilines is 1. The first-order valence-corrected chi connectivity index (χ1v) is 7.11. The van der Waals surface area contributed by atoms with Crippen molar-refractivity contribution in [3.63, 3.8) is 0 Å². The van der Waals surface area contributed by atoms with Crippen molar-refractivity contribution in [2.75, 3.05) is 12.4 Å². The number of carbonyl (C=O) groups is 1. The average molecular weight is 304 g/mol. The van der Waals surface area contributed by atoms with Gasteiger partial charge in [-0.1, -0.05) is 25.1 Å². The van der Waals surface area contributed by atoms with E-state index >= 15 is 0 Å². The van der Waals surface area contributed by atoms with Crippen molar-refractivity contribution in [1.29, 1.82) is 0 Å². The first kappa shape index (κ1) is 15.9. The van der Waals surface area contributed by atoms with E-state index in [9.17, 15) is 9.90 Å². The van der Waals surface area contributed by atoms with Crippen molar-refractivity contribution in [2.24, 2.45) is 11.8 Å². The number of nitrogens with zero attached hydrogens (tertiary/aromatic N) is 4. The van der Waals surface area contributed by atoms with Gasteiger partial charge in [-0.15, -0.1) is 10.2 Å². The van der Waals surface area contributed by atoms with Crippen LogP contribution in [0.5, 0.6) is 0 Å². The molecule has 0 aliphatic heterocycles. The number of aromatic nitrogens is 5. The predicted molar refractivity (Wildman–Crippen MR) is 80.4 cm³/mol. The van der Waals surface area contributed by atoms with E-state index in [4.69, 9.17) is 0 Å². The molecule has 0 saturated heterocycles. The van der Waals surface area contributed by atoms with E-state index in [1.54, 1.807) is 13.2 Å². The second kappa shape index (κ2) is 6.97. The van der Waals surface area contributed by atoms with E-state index in [0.29, 0.717) is 12.2 Å². The zero-order valence-corrected chi connectivity index (χ0v) is 12.8. The molecule has 0 amide bonds. The summed E-state index contributed by atoms with van der Waals surface area (Å²) in [7, 11) is 1.79. The van der Waals surface area contributed by atoms with Crippen molar-refractivity contribution < 1.29 is 9.90 Å². The molecule has 3 N–H and O–H groups in total. The van der Waals surface area contributed by atoms with Crippen molar-refractivity contribution in [2.45, 2.75) is 26.2 Å². The quantitative estimate of drug-likeness (QED) is 0.706. The highest BCUT2D eigenvalue weighted by Gasteiger charge is 2.35. The molecule has 0 fully saturated rings. The summed E-state index contributed by atoms with van der Waals surface area (Å²) in [5.74, 6) is -0.687. The molecule has 2 aromatic heterocycles. The van der Waals surface area contributed by atoms with E-state index in [1.807, 2.05) is 26.0 Å². The predicted octanol–water partition coefficient (Wildman–Crippen LogP) is 1.32. The minimum atomic E-state index is -0.857. The lowest BCUT2D eigenvalue weighted by atomic mass is 9.79. The first-order valence-electron chi connectivity index (χ1n) is 7.11. The molecule has 8 heteroatoms. The lowest BCUT2D eigenvalue weighted by Gasteiger charge is -2.24. The normalized spacial score (nSPS) is 13.8. The van der Waals surface area contributed by atoms with E-state index in [1.165, 1.54) is 0 Å². The topological polar surface area (TPSA) is 117 Å². The van der Waals surface area contributed by atoms with Gasteiger partial charge in [0.1, 0.15) is 5.82 Å². The van der Waals surface area contributed by atoms with Crippen molar-refractivity contribution in [3.8, 4) is 0 Å². The Morgan fingerprint density at radius 2 is 2.18 bits per heavy atom. The smallest absolute Gasteiger partial charge is 0.307 e. The molecule has 2 unspecified atom stereocenters. The minimum Gasteiger partial charge on any atom is -0.481 e. The molecule has 0 saturated carbocycles. The van der Waals surface area contributed by atoms with Crippen molar-refractivity contribution in [1.82, 2.24) is 25.6 Å². The van der Waals surface area contributed by atoms with E-state index in [2.05, 4.69) is 30.9 Å². The van der Waals surface area contributed by atoms with Crippen LogP contribution in [0.25, 0.3) is 0 Å². The number of pyridine rings is 1. The number of hydrogen-bond donors (Lipinski definition) is 3. The Labute approximate surface area is 128 Å². The van der Waals surface area contributed by atoms with Gasteiger partial charge < -0.3 is 10.4 Å². The van der Waals surface area contributed by atoms with Gasteiger partial charge in [-0.2, -0.15) is 5.21 Å². The van der Waals surface area contributed by atoms with E-state index in [0.717, 1.165) is 11.4 Å². The number of tetrazole rings is 1. The Hall–Kier alpha value is -2.51. The third-order valence-corrected chi connectivity index (χ3v) is 3.67. The van der Waals surface area contributed by atoms with Gasteiger partial charge in [0.2, 0.25) is 0 Å². The van der Waals surface area contributed by atoms with Crippen LogP contribution in [0.3, 0.4) is 0 Å². The summed E-state index contributed by atoms with van der Waals surface area (Å²) in [5.41, 5.74) is 0.931. The summed E-state index contributed by atoms with van der Waals surface area (Å²) in [4.78, 5) is 15.9. The molecule has 0 bridgehead atoms.